The first-order valence-electron chi connectivity index (χ1n) is 14.6. The Kier molecular flexibility index (Phi) is 6.88. The second-order valence-electron chi connectivity index (χ2n) is 11.5. The normalized spacial score (nSPS) is 30.8. The van der Waals surface area contributed by atoms with Crippen LogP contribution in [0, 0.1) is 0 Å². The number of hydrogen-bond acceptors (Lipinski definition) is 12. The van der Waals surface area contributed by atoms with Crippen LogP contribution in [0.5, 0.6) is 17.2 Å². The summed E-state index contributed by atoms with van der Waals surface area (Å²) >= 11 is 0. The molecule has 44 heavy (non-hydrogen) atoms. The number of rotatable bonds is 6. The summed E-state index contributed by atoms with van der Waals surface area (Å²) in [5, 5.41) is 20.2. The zero-order chi connectivity index (χ0) is 30.7. The average Bonchev–Trinajstić information content (AvgIpc) is 3.72. The summed E-state index contributed by atoms with van der Waals surface area (Å²) in [7, 11) is 1.58. The molecule has 0 unspecified atom stereocenters. The minimum atomic E-state index is -1.07. The van der Waals surface area contributed by atoms with E-state index in [0.29, 0.717) is 54.0 Å². The number of benzene rings is 1. The maximum absolute atomic E-state index is 12.9. The van der Waals surface area contributed by atoms with Crippen LogP contribution in [0.25, 0.3) is 5.57 Å². The number of methoxy groups -OCH3 is 1. The number of aromatic nitrogens is 2. The Balaban J connectivity index is 1.28. The van der Waals surface area contributed by atoms with Gasteiger partial charge in [0, 0.05) is 36.5 Å². The number of esters is 1. The smallest absolute Gasteiger partial charge is 0.374 e. The number of aliphatic hydroxyl groups is 1. The topological polar surface area (TPSA) is 174 Å². The summed E-state index contributed by atoms with van der Waals surface area (Å²) in [5.41, 5.74) is 7.06. The maximum atomic E-state index is 12.9. The summed E-state index contributed by atoms with van der Waals surface area (Å²) in [6.45, 7) is 4.43. The Hall–Kier alpha value is -4.37. The average molecular weight is 606 g/mol. The summed E-state index contributed by atoms with van der Waals surface area (Å²) in [5.74, 6) is 1.10. The predicted molar refractivity (Wildman–Crippen MR) is 157 cm³/mol. The third-order valence-corrected chi connectivity index (χ3v) is 8.64. The second kappa shape index (κ2) is 10.7. The van der Waals surface area contributed by atoms with Crippen LogP contribution in [0.15, 0.2) is 48.5 Å². The Bertz CT molecular complexity index is 1610. The number of nitrogens with zero attached hydrogens (tertiary/aromatic N) is 3. The van der Waals surface area contributed by atoms with Gasteiger partial charge in [0.25, 0.3) is 0 Å². The van der Waals surface area contributed by atoms with E-state index >= 15 is 0 Å². The first-order valence-corrected chi connectivity index (χ1v) is 14.6. The van der Waals surface area contributed by atoms with Gasteiger partial charge in [0.1, 0.15) is 47.5 Å². The van der Waals surface area contributed by atoms with E-state index in [4.69, 9.17) is 24.7 Å². The van der Waals surface area contributed by atoms with Gasteiger partial charge in [0.05, 0.1) is 25.9 Å². The van der Waals surface area contributed by atoms with Crippen molar-refractivity contribution in [3.8, 4) is 17.2 Å². The lowest BCUT2D eigenvalue weighted by atomic mass is 9.78. The number of amides is 1. The fourth-order valence-electron chi connectivity index (χ4n) is 6.65. The van der Waals surface area contributed by atoms with Crippen LogP contribution >= 0.6 is 0 Å². The molecule has 14 nitrogen and oxygen atoms in total. The highest BCUT2D eigenvalue weighted by molar-refractivity contribution is 5.96. The Morgan fingerprint density at radius 1 is 1.36 bits per heavy atom. The van der Waals surface area contributed by atoms with Gasteiger partial charge in [-0.05, 0) is 31.9 Å². The van der Waals surface area contributed by atoms with E-state index in [0.717, 1.165) is 5.56 Å². The molecule has 0 spiro atoms. The van der Waals surface area contributed by atoms with Gasteiger partial charge in [-0.1, -0.05) is 18.2 Å². The van der Waals surface area contributed by atoms with Crippen molar-refractivity contribution in [2.45, 2.75) is 62.9 Å². The molecule has 1 aromatic carbocycles. The Morgan fingerprint density at radius 2 is 2.20 bits per heavy atom. The number of imidazole rings is 1. The summed E-state index contributed by atoms with van der Waals surface area (Å²) in [4.78, 5) is 31.9. The van der Waals surface area contributed by atoms with Gasteiger partial charge in [-0.25, -0.2) is 9.78 Å². The molecule has 1 aliphatic carbocycles. The number of anilines is 1. The lowest BCUT2D eigenvalue weighted by Gasteiger charge is -2.35. The van der Waals surface area contributed by atoms with Gasteiger partial charge in [0.15, 0.2) is 0 Å². The monoisotopic (exact) mass is 605 g/mol. The van der Waals surface area contributed by atoms with Gasteiger partial charge in [-0.3, -0.25) is 21.2 Å². The Morgan fingerprint density at radius 3 is 3.00 bits per heavy atom. The van der Waals surface area contributed by atoms with E-state index in [1.54, 1.807) is 39.3 Å². The van der Waals surface area contributed by atoms with Crippen LogP contribution in [0.1, 0.15) is 37.3 Å². The molecular weight excluding hydrogens is 570 g/mol. The first kappa shape index (κ1) is 28.4. The molecule has 0 radical (unpaired) electrons. The van der Waals surface area contributed by atoms with Crippen LogP contribution < -0.4 is 40.8 Å². The minimum absolute atomic E-state index is 0.0266. The molecule has 6 atom stereocenters. The van der Waals surface area contributed by atoms with Crippen molar-refractivity contribution in [3.05, 3.63) is 59.7 Å². The van der Waals surface area contributed by atoms with Crippen LogP contribution in [0.3, 0.4) is 0 Å². The summed E-state index contributed by atoms with van der Waals surface area (Å²) < 4.78 is 25.6. The molecule has 0 saturated carbocycles. The molecule has 1 aromatic heterocycles. The van der Waals surface area contributed by atoms with Crippen molar-refractivity contribution in [2.24, 2.45) is 5.73 Å². The number of ether oxygens (including phenoxy) is 4. The number of carbonyl (C=O) groups excluding carboxylic acids is 2. The molecule has 4 aliphatic heterocycles. The SMILES string of the molecule is CCOC(=O)C1=C/C(=C\Cn2ccnc2N2CN[C@H]3C(=O)N[C@H](N)N[C@@H]32)c2c(cc3c(c2OC)[C@@H]2C=CC[C@@](C)(O)[C@H]2O3)O1. The van der Waals surface area contributed by atoms with Gasteiger partial charge >= 0.3 is 5.97 Å². The highest BCUT2D eigenvalue weighted by atomic mass is 16.6. The Labute approximate surface area is 253 Å². The van der Waals surface area contributed by atoms with Gasteiger partial charge < -0.3 is 38.8 Å². The van der Waals surface area contributed by atoms with E-state index < -0.39 is 30.0 Å². The molecule has 6 N–H and O–H groups in total. The van der Waals surface area contributed by atoms with Gasteiger partial charge in [-0.15, -0.1) is 0 Å². The second-order valence-corrected chi connectivity index (χ2v) is 11.5. The van der Waals surface area contributed by atoms with E-state index in [2.05, 4.69) is 20.9 Å². The lowest BCUT2D eigenvalue weighted by molar-refractivity contribution is -0.141. The lowest BCUT2D eigenvalue weighted by Crippen LogP contribution is -2.70. The maximum Gasteiger partial charge on any atom is 0.374 e. The number of allylic oxidation sites excluding steroid dienone is 3. The van der Waals surface area contributed by atoms with Crippen LogP contribution in [-0.4, -0.2) is 77.1 Å². The van der Waals surface area contributed by atoms with Gasteiger partial charge in [0.2, 0.25) is 17.6 Å². The van der Waals surface area contributed by atoms with Crippen LogP contribution in [0.4, 0.5) is 5.95 Å². The van der Waals surface area contributed by atoms with Crippen molar-refractivity contribution >= 4 is 23.4 Å². The number of carbonyl (C=O) groups is 2. The highest BCUT2D eigenvalue weighted by Crippen LogP contribution is 2.55. The first-order chi connectivity index (χ1) is 21.2. The van der Waals surface area contributed by atoms with Crippen molar-refractivity contribution < 1.29 is 33.6 Å². The minimum Gasteiger partial charge on any atom is -0.496 e. The number of fused-ring (bicyclic) bond motifs is 5. The third-order valence-electron chi connectivity index (χ3n) is 8.64. The molecule has 2 fully saturated rings. The summed E-state index contributed by atoms with van der Waals surface area (Å²) in [6, 6.07) is 1.26. The zero-order valence-electron chi connectivity index (χ0n) is 24.6. The molecule has 1 amide bonds. The standard InChI is InChI=1S/C30H35N7O7/c1-4-42-27(39)19-12-15(7-10-36-11-9-32-29(36)37-14-33-22-25(37)34-28(31)35-26(22)38)20-17(43-19)13-18-21(23(20)41-3)16-6-5-8-30(2,40)24(16)44-18/h5-7,9,11-13,16,22,24-25,28,33-34,40H,4,8,10,14,31H2,1-3H3,(H,35,38)/b15-7+/t16-,22+,24-,25+,28+,30+/m0/s1. The molecule has 7 rings (SSSR count). The highest BCUT2D eigenvalue weighted by Gasteiger charge is 2.49. The fraction of sp³-hybridized carbons (Fsp3) is 0.433. The van der Waals surface area contributed by atoms with E-state index in [1.807, 2.05) is 33.9 Å². The van der Waals surface area contributed by atoms with Crippen molar-refractivity contribution in [3.63, 3.8) is 0 Å². The molecule has 0 bridgehead atoms. The third kappa shape index (κ3) is 4.53. The predicted octanol–water partition coefficient (Wildman–Crippen LogP) is 0.394. The molecular formula is C30H35N7O7. The number of hydrogen-bond donors (Lipinski definition) is 5. The largest absolute Gasteiger partial charge is 0.496 e. The number of nitrogens with one attached hydrogen (secondary N) is 3. The molecule has 14 heteroatoms. The molecule has 5 aliphatic rings. The molecule has 5 heterocycles. The quantitative estimate of drug-likeness (QED) is 0.227. The fourth-order valence-corrected chi connectivity index (χ4v) is 6.65. The van der Waals surface area contributed by atoms with Crippen molar-refractivity contribution in [1.29, 1.82) is 0 Å². The van der Waals surface area contributed by atoms with Crippen LogP contribution in [-0.2, 0) is 20.9 Å². The van der Waals surface area contributed by atoms with Crippen molar-refractivity contribution in [1.82, 2.24) is 25.5 Å². The van der Waals surface area contributed by atoms with Crippen molar-refractivity contribution in [2.75, 3.05) is 25.3 Å². The number of nitrogens with two attached hydrogens (primary N) is 1. The molecule has 232 valence electrons. The molecule has 2 aromatic rings. The van der Waals surface area contributed by atoms with E-state index in [-0.39, 0.29) is 30.4 Å². The van der Waals surface area contributed by atoms with E-state index in [9.17, 15) is 14.7 Å². The van der Waals surface area contributed by atoms with E-state index in [1.165, 1.54) is 0 Å². The van der Waals surface area contributed by atoms with Gasteiger partial charge in [-0.2, -0.15) is 0 Å². The van der Waals surface area contributed by atoms with Crippen LogP contribution in [0.2, 0.25) is 0 Å². The zero-order valence-corrected chi connectivity index (χ0v) is 24.6. The summed E-state index contributed by atoms with van der Waals surface area (Å²) in [6.07, 6.45) is 10.0. The molecule has 2 saturated heterocycles.